The molecule has 0 saturated carbocycles. The molecule has 0 aliphatic heterocycles. The second-order valence-electron chi connectivity index (χ2n) is 6.64. The first-order valence-electron chi connectivity index (χ1n) is 9.19. The maximum absolute atomic E-state index is 12.8. The van der Waals surface area contributed by atoms with Crippen molar-refractivity contribution in [1.29, 1.82) is 0 Å². The Bertz CT molecular complexity index is 1220. The van der Waals surface area contributed by atoms with Crippen LogP contribution in [0.3, 0.4) is 0 Å². The number of non-ortho nitro benzene ring substituents is 1. The molecule has 0 spiro atoms. The van der Waals surface area contributed by atoms with Crippen LogP contribution in [-0.4, -0.2) is 22.4 Å². The van der Waals surface area contributed by atoms with Crippen molar-refractivity contribution in [3.8, 4) is 5.75 Å². The lowest BCUT2D eigenvalue weighted by Crippen LogP contribution is -2.26. The minimum atomic E-state index is -0.485. The van der Waals surface area contributed by atoms with Crippen molar-refractivity contribution in [3.05, 3.63) is 70.1 Å². The molecule has 0 aliphatic carbocycles. The van der Waals surface area contributed by atoms with Crippen molar-refractivity contribution in [2.45, 2.75) is 19.9 Å². The average molecular weight is 393 g/mol. The number of furan rings is 1. The van der Waals surface area contributed by atoms with Gasteiger partial charge in [-0.25, -0.2) is 0 Å². The standard InChI is InChI=1S/C21H19N3O5/c1-3-28-18-6-4-5-13-9-19(29-20(13)18)12(2)23-21(25)16-11-22-17-8-7-14(24(26)27)10-15(16)17/h4-12,22H,3H2,1-2H3,(H,23,25). The van der Waals surface area contributed by atoms with Crippen LogP contribution in [0.25, 0.3) is 21.9 Å². The molecule has 2 aromatic heterocycles. The van der Waals surface area contributed by atoms with Gasteiger partial charge >= 0.3 is 0 Å². The zero-order chi connectivity index (χ0) is 20.5. The fraction of sp³-hybridized carbons (Fsp3) is 0.190. The summed E-state index contributed by atoms with van der Waals surface area (Å²) in [6.45, 7) is 4.23. The number of aromatic nitrogens is 1. The number of nitro groups is 1. The molecule has 0 aliphatic rings. The number of aromatic amines is 1. The molecule has 2 aromatic carbocycles. The smallest absolute Gasteiger partial charge is 0.270 e. The summed E-state index contributed by atoms with van der Waals surface area (Å²) in [6.07, 6.45) is 1.54. The molecular formula is C21H19N3O5. The molecule has 1 atom stereocenters. The molecule has 1 amide bonds. The second kappa shape index (κ2) is 7.31. The molecule has 148 valence electrons. The number of carbonyl (C=O) groups is 1. The van der Waals surface area contributed by atoms with Gasteiger partial charge < -0.3 is 19.5 Å². The number of carbonyl (C=O) groups excluding carboxylic acids is 1. The summed E-state index contributed by atoms with van der Waals surface area (Å²) < 4.78 is 11.5. The predicted molar refractivity (Wildman–Crippen MR) is 108 cm³/mol. The van der Waals surface area contributed by atoms with Crippen molar-refractivity contribution in [3.63, 3.8) is 0 Å². The molecule has 2 N–H and O–H groups in total. The number of hydrogen-bond acceptors (Lipinski definition) is 5. The third-order valence-electron chi connectivity index (χ3n) is 4.72. The third-order valence-corrected chi connectivity index (χ3v) is 4.72. The van der Waals surface area contributed by atoms with E-state index in [4.69, 9.17) is 9.15 Å². The minimum absolute atomic E-state index is 0.0695. The van der Waals surface area contributed by atoms with Crippen LogP contribution < -0.4 is 10.1 Å². The van der Waals surface area contributed by atoms with Crippen LogP contribution in [0.2, 0.25) is 0 Å². The van der Waals surface area contributed by atoms with E-state index in [0.717, 1.165) is 5.39 Å². The first kappa shape index (κ1) is 18.5. The van der Waals surface area contributed by atoms with Crippen LogP contribution in [0.5, 0.6) is 5.75 Å². The Morgan fingerprint density at radius 3 is 2.90 bits per heavy atom. The molecule has 0 radical (unpaired) electrons. The SMILES string of the molecule is CCOc1cccc2cc(C(C)NC(=O)c3c[nH]c4ccc([N+](=O)[O-])cc34)oc12. The monoisotopic (exact) mass is 393 g/mol. The quantitative estimate of drug-likeness (QED) is 0.364. The van der Waals surface area contributed by atoms with Gasteiger partial charge in [0.2, 0.25) is 0 Å². The fourth-order valence-corrected chi connectivity index (χ4v) is 3.29. The minimum Gasteiger partial charge on any atom is -0.490 e. The van der Waals surface area contributed by atoms with Gasteiger partial charge in [-0.3, -0.25) is 14.9 Å². The Hall–Kier alpha value is -3.81. The van der Waals surface area contributed by atoms with E-state index >= 15 is 0 Å². The number of nitrogens with one attached hydrogen (secondary N) is 2. The summed E-state index contributed by atoms with van der Waals surface area (Å²) in [6, 6.07) is 11.5. The molecule has 8 heteroatoms. The van der Waals surface area contributed by atoms with Crippen molar-refractivity contribution in [2.75, 3.05) is 6.61 Å². The number of benzene rings is 2. The number of nitro benzene ring substituents is 1. The van der Waals surface area contributed by atoms with E-state index in [0.29, 0.717) is 40.2 Å². The summed E-state index contributed by atoms with van der Waals surface area (Å²) in [5.41, 5.74) is 1.55. The maximum atomic E-state index is 12.8. The van der Waals surface area contributed by atoms with E-state index in [1.807, 2.05) is 38.1 Å². The van der Waals surface area contributed by atoms with Gasteiger partial charge in [0, 0.05) is 34.6 Å². The molecule has 1 unspecified atom stereocenters. The number of para-hydroxylation sites is 1. The molecule has 0 saturated heterocycles. The van der Waals surface area contributed by atoms with Gasteiger partial charge in [-0.1, -0.05) is 12.1 Å². The molecule has 0 bridgehead atoms. The number of H-pyrrole nitrogens is 1. The van der Waals surface area contributed by atoms with Crippen LogP contribution in [0, 0.1) is 10.1 Å². The molecule has 4 aromatic rings. The summed E-state index contributed by atoms with van der Waals surface area (Å²) in [5, 5.41) is 15.3. The fourth-order valence-electron chi connectivity index (χ4n) is 3.29. The Labute approximate surface area is 165 Å². The van der Waals surface area contributed by atoms with Gasteiger partial charge in [-0.05, 0) is 32.0 Å². The van der Waals surface area contributed by atoms with Gasteiger partial charge in [0.25, 0.3) is 11.6 Å². The molecule has 8 nitrogen and oxygen atoms in total. The van der Waals surface area contributed by atoms with Crippen LogP contribution in [0.4, 0.5) is 5.69 Å². The highest BCUT2D eigenvalue weighted by Gasteiger charge is 2.20. The second-order valence-corrected chi connectivity index (χ2v) is 6.64. The normalized spacial score (nSPS) is 12.2. The molecular weight excluding hydrogens is 374 g/mol. The molecule has 29 heavy (non-hydrogen) atoms. The Morgan fingerprint density at radius 1 is 1.31 bits per heavy atom. The van der Waals surface area contributed by atoms with Crippen molar-refractivity contribution in [2.24, 2.45) is 0 Å². The first-order chi connectivity index (χ1) is 14.0. The summed E-state index contributed by atoms with van der Waals surface area (Å²) in [7, 11) is 0. The zero-order valence-corrected chi connectivity index (χ0v) is 15.9. The largest absolute Gasteiger partial charge is 0.490 e. The van der Waals surface area contributed by atoms with Crippen molar-refractivity contribution >= 4 is 33.5 Å². The highest BCUT2D eigenvalue weighted by atomic mass is 16.6. The van der Waals surface area contributed by atoms with Crippen molar-refractivity contribution in [1.82, 2.24) is 10.3 Å². The number of hydrogen-bond donors (Lipinski definition) is 2. The van der Waals surface area contributed by atoms with Crippen LogP contribution in [-0.2, 0) is 0 Å². The average Bonchev–Trinajstić information content (AvgIpc) is 3.32. The predicted octanol–water partition coefficient (Wildman–Crippen LogP) is 4.71. The molecule has 0 fully saturated rings. The van der Waals surface area contributed by atoms with E-state index < -0.39 is 11.0 Å². The first-order valence-corrected chi connectivity index (χ1v) is 9.19. The number of amides is 1. The number of fused-ring (bicyclic) bond motifs is 2. The Morgan fingerprint density at radius 2 is 2.14 bits per heavy atom. The summed E-state index contributed by atoms with van der Waals surface area (Å²) in [4.78, 5) is 26.3. The van der Waals surface area contributed by atoms with Gasteiger partial charge in [0.15, 0.2) is 11.3 Å². The van der Waals surface area contributed by atoms with Gasteiger partial charge in [-0.2, -0.15) is 0 Å². The summed E-state index contributed by atoms with van der Waals surface area (Å²) in [5.74, 6) is 0.889. The maximum Gasteiger partial charge on any atom is 0.270 e. The van der Waals surface area contributed by atoms with E-state index in [1.54, 1.807) is 12.3 Å². The van der Waals surface area contributed by atoms with E-state index in [-0.39, 0.29) is 11.6 Å². The lowest BCUT2D eigenvalue weighted by atomic mass is 10.1. The van der Waals surface area contributed by atoms with Gasteiger partial charge in [-0.15, -0.1) is 0 Å². The Balaban J connectivity index is 1.61. The van der Waals surface area contributed by atoms with E-state index in [2.05, 4.69) is 10.3 Å². The molecule has 4 rings (SSSR count). The van der Waals surface area contributed by atoms with E-state index in [9.17, 15) is 14.9 Å². The topological polar surface area (TPSA) is 110 Å². The number of rotatable bonds is 6. The molecule has 2 heterocycles. The van der Waals surface area contributed by atoms with Gasteiger partial charge in [0.05, 0.1) is 23.1 Å². The van der Waals surface area contributed by atoms with Crippen molar-refractivity contribution < 1.29 is 18.9 Å². The zero-order valence-electron chi connectivity index (χ0n) is 15.9. The third kappa shape index (κ3) is 3.40. The van der Waals surface area contributed by atoms with E-state index in [1.165, 1.54) is 12.1 Å². The highest BCUT2D eigenvalue weighted by molar-refractivity contribution is 6.07. The lowest BCUT2D eigenvalue weighted by molar-refractivity contribution is -0.384. The van der Waals surface area contributed by atoms with Crippen LogP contribution in [0.1, 0.15) is 36.0 Å². The number of nitrogens with zero attached hydrogens (tertiary/aromatic N) is 1. The lowest BCUT2D eigenvalue weighted by Gasteiger charge is -2.11. The summed E-state index contributed by atoms with van der Waals surface area (Å²) >= 11 is 0. The highest BCUT2D eigenvalue weighted by Crippen LogP contribution is 2.31. The van der Waals surface area contributed by atoms with Crippen LogP contribution >= 0.6 is 0 Å². The van der Waals surface area contributed by atoms with Gasteiger partial charge in [0.1, 0.15) is 5.76 Å². The Kier molecular flexibility index (Phi) is 4.67. The van der Waals surface area contributed by atoms with Crippen LogP contribution in [0.15, 0.2) is 53.1 Å². The number of ether oxygens (including phenoxy) is 1.